The van der Waals surface area contributed by atoms with Crippen LogP contribution >= 0.6 is 23.2 Å². The van der Waals surface area contributed by atoms with Crippen LogP contribution in [0.1, 0.15) is 23.2 Å². The molecule has 1 atom stereocenters. The first kappa shape index (κ1) is 13.6. The predicted molar refractivity (Wildman–Crippen MR) is 70.1 cm³/mol. The molecule has 1 aromatic heterocycles. The number of halogens is 2. The molecular formula is C12H14Cl2N2O2. The van der Waals surface area contributed by atoms with Gasteiger partial charge in [0.25, 0.3) is 5.91 Å². The van der Waals surface area contributed by atoms with Crippen LogP contribution in [0.3, 0.4) is 0 Å². The average Bonchev–Trinajstić information content (AvgIpc) is 2.85. The first-order chi connectivity index (χ1) is 8.66. The molecule has 1 unspecified atom stereocenters. The molecule has 2 rings (SSSR count). The third-order valence-electron chi connectivity index (χ3n) is 2.92. The molecule has 6 heteroatoms. The molecule has 0 aromatic carbocycles. The van der Waals surface area contributed by atoms with Gasteiger partial charge in [0, 0.05) is 26.0 Å². The van der Waals surface area contributed by atoms with Crippen LogP contribution in [0.25, 0.3) is 0 Å². The number of amides is 1. The van der Waals surface area contributed by atoms with E-state index in [1.54, 1.807) is 0 Å². The molecule has 0 aliphatic carbocycles. The summed E-state index contributed by atoms with van der Waals surface area (Å²) in [7, 11) is 0. The van der Waals surface area contributed by atoms with Crippen molar-refractivity contribution >= 4 is 29.1 Å². The van der Waals surface area contributed by atoms with Crippen LogP contribution in [0.5, 0.6) is 0 Å². The van der Waals surface area contributed by atoms with Crippen LogP contribution in [0, 0.1) is 5.92 Å². The van der Waals surface area contributed by atoms with Crippen LogP contribution in [-0.4, -0.2) is 30.6 Å². The number of hydrogen-bond donors (Lipinski definition) is 1. The summed E-state index contributed by atoms with van der Waals surface area (Å²) in [6, 6.07) is 1.52. The zero-order valence-electron chi connectivity index (χ0n) is 9.79. The molecule has 1 aliphatic rings. The van der Waals surface area contributed by atoms with Gasteiger partial charge < -0.3 is 10.1 Å². The van der Waals surface area contributed by atoms with Gasteiger partial charge in [0.2, 0.25) is 0 Å². The SMILES string of the molecule is O=C(NCCC1CCOC1)c1cnc(Cl)c(Cl)c1. The van der Waals surface area contributed by atoms with Crippen LogP contribution in [0.4, 0.5) is 0 Å². The highest BCUT2D eigenvalue weighted by molar-refractivity contribution is 6.41. The van der Waals surface area contributed by atoms with E-state index in [0.717, 1.165) is 26.1 Å². The van der Waals surface area contributed by atoms with Crippen molar-refractivity contribution in [3.8, 4) is 0 Å². The summed E-state index contributed by atoms with van der Waals surface area (Å²) in [6.07, 6.45) is 3.42. The lowest BCUT2D eigenvalue weighted by atomic mass is 10.1. The zero-order chi connectivity index (χ0) is 13.0. The Morgan fingerprint density at radius 2 is 2.39 bits per heavy atom. The maximum absolute atomic E-state index is 11.8. The van der Waals surface area contributed by atoms with Crippen LogP contribution in [0.15, 0.2) is 12.3 Å². The number of hydrogen-bond acceptors (Lipinski definition) is 3. The number of nitrogens with one attached hydrogen (secondary N) is 1. The minimum Gasteiger partial charge on any atom is -0.381 e. The molecule has 0 bridgehead atoms. The first-order valence-electron chi connectivity index (χ1n) is 5.84. The number of carbonyl (C=O) groups is 1. The number of pyridine rings is 1. The molecule has 1 saturated heterocycles. The Bertz CT molecular complexity index is 434. The fourth-order valence-electron chi connectivity index (χ4n) is 1.85. The highest BCUT2D eigenvalue weighted by Gasteiger charge is 2.15. The van der Waals surface area contributed by atoms with Crippen molar-refractivity contribution in [2.75, 3.05) is 19.8 Å². The molecule has 4 nitrogen and oxygen atoms in total. The Hall–Kier alpha value is -0.840. The predicted octanol–water partition coefficient (Wildman–Crippen LogP) is 2.54. The average molecular weight is 289 g/mol. The van der Waals surface area contributed by atoms with Gasteiger partial charge in [-0.15, -0.1) is 0 Å². The van der Waals surface area contributed by atoms with E-state index in [1.165, 1.54) is 12.3 Å². The molecule has 98 valence electrons. The van der Waals surface area contributed by atoms with Gasteiger partial charge in [-0.25, -0.2) is 4.98 Å². The second-order valence-electron chi connectivity index (χ2n) is 4.27. The van der Waals surface area contributed by atoms with E-state index >= 15 is 0 Å². The standard InChI is InChI=1S/C12H14Cl2N2O2/c13-10-5-9(6-16-11(10)14)12(17)15-3-1-8-2-4-18-7-8/h5-6,8H,1-4,7H2,(H,15,17). The van der Waals surface area contributed by atoms with Crippen molar-refractivity contribution in [1.29, 1.82) is 0 Å². The highest BCUT2D eigenvalue weighted by Crippen LogP contribution is 2.19. The molecule has 1 fully saturated rings. The van der Waals surface area contributed by atoms with Gasteiger partial charge in [0.1, 0.15) is 5.15 Å². The van der Waals surface area contributed by atoms with Crippen LogP contribution in [0.2, 0.25) is 10.2 Å². The lowest BCUT2D eigenvalue weighted by Gasteiger charge is -2.09. The summed E-state index contributed by atoms with van der Waals surface area (Å²) in [5, 5.41) is 3.33. The number of aromatic nitrogens is 1. The van der Waals surface area contributed by atoms with Gasteiger partial charge in [0.05, 0.1) is 10.6 Å². The fourth-order valence-corrected chi connectivity index (χ4v) is 2.12. The topological polar surface area (TPSA) is 51.2 Å². The molecule has 0 spiro atoms. The summed E-state index contributed by atoms with van der Waals surface area (Å²) in [6.45, 7) is 2.26. The summed E-state index contributed by atoms with van der Waals surface area (Å²) in [5.41, 5.74) is 0.423. The molecule has 18 heavy (non-hydrogen) atoms. The first-order valence-corrected chi connectivity index (χ1v) is 6.59. The minimum atomic E-state index is -0.181. The van der Waals surface area contributed by atoms with E-state index in [4.69, 9.17) is 27.9 Å². The Morgan fingerprint density at radius 3 is 3.06 bits per heavy atom. The monoisotopic (exact) mass is 288 g/mol. The Balaban J connectivity index is 1.81. The number of ether oxygens (including phenoxy) is 1. The third-order valence-corrected chi connectivity index (χ3v) is 3.61. The lowest BCUT2D eigenvalue weighted by molar-refractivity contribution is 0.0950. The maximum Gasteiger partial charge on any atom is 0.252 e. The summed E-state index contributed by atoms with van der Waals surface area (Å²) < 4.78 is 5.27. The van der Waals surface area contributed by atoms with Crippen molar-refractivity contribution in [1.82, 2.24) is 10.3 Å². The lowest BCUT2D eigenvalue weighted by Crippen LogP contribution is -2.26. The van der Waals surface area contributed by atoms with Gasteiger partial charge in [-0.2, -0.15) is 0 Å². The van der Waals surface area contributed by atoms with E-state index < -0.39 is 0 Å². The molecule has 0 saturated carbocycles. The summed E-state index contributed by atoms with van der Waals surface area (Å²) in [4.78, 5) is 15.6. The smallest absolute Gasteiger partial charge is 0.252 e. The van der Waals surface area contributed by atoms with Gasteiger partial charge in [0.15, 0.2) is 0 Å². The third kappa shape index (κ3) is 3.57. The number of carbonyl (C=O) groups excluding carboxylic acids is 1. The van der Waals surface area contributed by atoms with Crippen molar-refractivity contribution in [3.05, 3.63) is 28.0 Å². The molecule has 1 aliphatic heterocycles. The Morgan fingerprint density at radius 1 is 1.56 bits per heavy atom. The number of rotatable bonds is 4. The van der Waals surface area contributed by atoms with E-state index in [2.05, 4.69) is 10.3 Å². The molecular weight excluding hydrogens is 275 g/mol. The largest absolute Gasteiger partial charge is 0.381 e. The van der Waals surface area contributed by atoms with E-state index in [0.29, 0.717) is 18.0 Å². The van der Waals surface area contributed by atoms with Crippen LogP contribution in [-0.2, 0) is 4.74 Å². The summed E-state index contributed by atoms with van der Waals surface area (Å²) >= 11 is 11.5. The molecule has 1 N–H and O–H groups in total. The van der Waals surface area contributed by atoms with Gasteiger partial charge in [-0.3, -0.25) is 4.79 Å². The zero-order valence-corrected chi connectivity index (χ0v) is 11.3. The van der Waals surface area contributed by atoms with E-state index in [1.807, 2.05) is 0 Å². The van der Waals surface area contributed by atoms with Crippen molar-refractivity contribution in [2.45, 2.75) is 12.8 Å². The van der Waals surface area contributed by atoms with Crippen molar-refractivity contribution in [2.24, 2.45) is 5.92 Å². The molecule has 0 radical (unpaired) electrons. The summed E-state index contributed by atoms with van der Waals surface area (Å²) in [5.74, 6) is 0.372. The van der Waals surface area contributed by atoms with E-state index in [-0.39, 0.29) is 16.1 Å². The van der Waals surface area contributed by atoms with Gasteiger partial charge in [-0.05, 0) is 24.8 Å². The molecule has 2 heterocycles. The van der Waals surface area contributed by atoms with Crippen molar-refractivity contribution < 1.29 is 9.53 Å². The second-order valence-corrected chi connectivity index (χ2v) is 5.04. The second kappa shape index (κ2) is 6.36. The molecule has 1 amide bonds. The van der Waals surface area contributed by atoms with E-state index in [9.17, 15) is 4.79 Å². The maximum atomic E-state index is 11.8. The Labute approximate surface area is 116 Å². The quantitative estimate of drug-likeness (QED) is 0.867. The number of nitrogens with zero attached hydrogens (tertiary/aromatic N) is 1. The fraction of sp³-hybridized carbons (Fsp3) is 0.500. The Kier molecular flexibility index (Phi) is 4.80. The van der Waals surface area contributed by atoms with Gasteiger partial charge in [-0.1, -0.05) is 23.2 Å². The minimum absolute atomic E-state index is 0.181. The molecule has 1 aromatic rings. The van der Waals surface area contributed by atoms with Gasteiger partial charge >= 0.3 is 0 Å². The highest BCUT2D eigenvalue weighted by atomic mass is 35.5. The van der Waals surface area contributed by atoms with Crippen molar-refractivity contribution in [3.63, 3.8) is 0 Å². The van der Waals surface area contributed by atoms with Crippen LogP contribution < -0.4 is 5.32 Å². The normalized spacial score (nSPS) is 18.9.